The second-order valence-corrected chi connectivity index (χ2v) is 5.47. The molecular weight excluding hydrogens is 318 g/mol. The van der Waals surface area contributed by atoms with Gasteiger partial charge in [0.05, 0.1) is 18.5 Å². The van der Waals surface area contributed by atoms with Gasteiger partial charge in [-0.1, -0.05) is 18.2 Å². The van der Waals surface area contributed by atoms with E-state index in [1.54, 1.807) is 11.6 Å². The standard InChI is InChI=1S/C18H19N5O2/c1-4-25-17(24)15-11-19-23(14-8-6-5-7-9-14)16(15)22-18-20-12(2)10-13(3)21-18/h5-11H,4H2,1-3H3,(H,20,21,22). The molecule has 128 valence electrons. The molecule has 0 spiro atoms. The summed E-state index contributed by atoms with van der Waals surface area (Å²) in [6, 6.07) is 11.4. The van der Waals surface area contributed by atoms with Crippen molar-refractivity contribution >= 4 is 17.7 Å². The van der Waals surface area contributed by atoms with Crippen molar-refractivity contribution in [3.63, 3.8) is 0 Å². The highest BCUT2D eigenvalue weighted by Crippen LogP contribution is 2.24. The predicted molar refractivity (Wildman–Crippen MR) is 94.3 cm³/mol. The summed E-state index contributed by atoms with van der Waals surface area (Å²) in [4.78, 5) is 21.0. The maximum atomic E-state index is 12.3. The Bertz CT molecular complexity index is 869. The van der Waals surface area contributed by atoms with Crippen molar-refractivity contribution < 1.29 is 9.53 Å². The number of carbonyl (C=O) groups excluding carboxylic acids is 1. The SMILES string of the molecule is CCOC(=O)c1cnn(-c2ccccc2)c1Nc1nc(C)cc(C)n1. The molecule has 0 saturated heterocycles. The van der Waals surface area contributed by atoms with Gasteiger partial charge in [-0.15, -0.1) is 0 Å². The molecule has 0 aliphatic heterocycles. The third-order valence-electron chi connectivity index (χ3n) is 3.48. The van der Waals surface area contributed by atoms with Gasteiger partial charge in [0, 0.05) is 11.4 Å². The number of carbonyl (C=O) groups is 1. The van der Waals surface area contributed by atoms with Crippen LogP contribution in [0, 0.1) is 13.8 Å². The van der Waals surface area contributed by atoms with E-state index in [9.17, 15) is 4.79 Å². The zero-order valence-electron chi connectivity index (χ0n) is 14.4. The number of aryl methyl sites for hydroxylation is 2. The summed E-state index contributed by atoms with van der Waals surface area (Å²) < 4.78 is 6.76. The van der Waals surface area contributed by atoms with Crippen LogP contribution >= 0.6 is 0 Å². The van der Waals surface area contributed by atoms with Gasteiger partial charge >= 0.3 is 5.97 Å². The molecule has 0 saturated carbocycles. The third-order valence-corrected chi connectivity index (χ3v) is 3.48. The summed E-state index contributed by atoms with van der Waals surface area (Å²) in [5, 5.41) is 7.45. The number of hydrogen-bond acceptors (Lipinski definition) is 6. The molecule has 3 rings (SSSR count). The van der Waals surface area contributed by atoms with E-state index in [1.807, 2.05) is 50.2 Å². The minimum atomic E-state index is -0.448. The molecule has 7 heteroatoms. The first-order chi connectivity index (χ1) is 12.1. The fourth-order valence-corrected chi connectivity index (χ4v) is 2.48. The van der Waals surface area contributed by atoms with E-state index < -0.39 is 5.97 Å². The second-order valence-electron chi connectivity index (χ2n) is 5.47. The zero-order valence-corrected chi connectivity index (χ0v) is 14.4. The molecule has 1 aromatic carbocycles. The summed E-state index contributed by atoms with van der Waals surface area (Å²) >= 11 is 0. The fourth-order valence-electron chi connectivity index (χ4n) is 2.48. The van der Waals surface area contributed by atoms with E-state index in [4.69, 9.17) is 4.74 Å². The molecule has 0 amide bonds. The first kappa shape index (κ1) is 16.6. The van der Waals surface area contributed by atoms with Crippen molar-refractivity contribution in [2.75, 3.05) is 11.9 Å². The van der Waals surface area contributed by atoms with Crippen LogP contribution in [0.25, 0.3) is 5.69 Å². The van der Waals surface area contributed by atoms with Crippen LogP contribution in [0.5, 0.6) is 0 Å². The summed E-state index contributed by atoms with van der Waals surface area (Å²) in [5.41, 5.74) is 2.80. The molecule has 0 bridgehead atoms. The number of esters is 1. The van der Waals surface area contributed by atoms with Crippen LogP contribution < -0.4 is 5.32 Å². The monoisotopic (exact) mass is 337 g/mol. The van der Waals surface area contributed by atoms with Crippen molar-refractivity contribution in [1.82, 2.24) is 19.7 Å². The molecular formula is C18H19N5O2. The number of aromatic nitrogens is 4. The highest BCUT2D eigenvalue weighted by molar-refractivity contribution is 5.95. The number of nitrogens with one attached hydrogen (secondary N) is 1. The van der Waals surface area contributed by atoms with Gasteiger partial charge in [0.25, 0.3) is 0 Å². The van der Waals surface area contributed by atoms with Crippen LogP contribution in [0.2, 0.25) is 0 Å². The Hall–Kier alpha value is -3.22. The van der Waals surface area contributed by atoms with Gasteiger partial charge in [-0.3, -0.25) is 0 Å². The van der Waals surface area contributed by atoms with Gasteiger partial charge in [-0.05, 0) is 39.0 Å². The molecule has 0 fully saturated rings. The number of benzene rings is 1. The highest BCUT2D eigenvalue weighted by Gasteiger charge is 2.20. The first-order valence-corrected chi connectivity index (χ1v) is 7.98. The average molecular weight is 337 g/mol. The lowest BCUT2D eigenvalue weighted by molar-refractivity contribution is 0.0527. The van der Waals surface area contributed by atoms with Gasteiger partial charge in [0.2, 0.25) is 5.95 Å². The van der Waals surface area contributed by atoms with Crippen molar-refractivity contribution in [3.8, 4) is 5.69 Å². The van der Waals surface area contributed by atoms with E-state index in [2.05, 4.69) is 20.4 Å². The lowest BCUT2D eigenvalue weighted by Gasteiger charge is -2.11. The zero-order chi connectivity index (χ0) is 17.8. The van der Waals surface area contributed by atoms with E-state index in [1.165, 1.54) is 6.20 Å². The molecule has 0 atom stereocenters. The quantitative estimate of drug-likeness (QED) is 0.720. The van der Waals surface area contributed by atoms with Crippen LogP contribution in [0.1, 0.15) is 28.7 Å². The van der Waals surface area contributed by atoms with Gasteiger partial charge in [-0.25, -0.2) is 19.4 Å². The molecule has 7 nitrogen and oxygen atoms in total. The summed E-state index contributed by atoms with van der Waals surface area (Å²) in [6.45, 7) is 5.83. The van der Waals surface area contributed by atoms with Gasteiger partial charge in [-0.2, -0.15) is 5.10 Å². The minimum Gasteiger partial charge on any atom is -0.462 e. The Morgan fingerprint density at radius 2 is 1.84 bits per heavy atom. The Labute approximate surface area is 145 Å². The summed E-state index contributed by atoms with van der Waals surface area (Å²) in [6.07, 6.45) is 1.48. The number of para-hydroxylation sites is 1. The van der Waals surface area contributed by atoms with E-state index >= 15 is 0 Å². The maximum Gasteiger partial charge on any atom is 0.343 e. The molecule has 3 aromatic rings. The van der Waals surface area contributed by atoms with Crippen molar-refractivity contribution in [2.45, 2.75) is 20.8 Å². The van der Waals surface area contributed by atoms with Gasteiger partial charge in [0.1, 0.15) is 5.56 Å². The van der Waals surface area contributed by atoms with Crippen LogP contribution in [0.3, 0.4) is 0 Å². The number of nitrogens with zero attached hydrogens (tertiary/aromatic N) is 4. The summed E-state index contributed by atoms with van der Waals surface area (Å²) in [5.74, 6) is 0.423. The lowest BCUT2D eigenvalue weighted by atomic mass is 10.3. The minimum absolute atomic E-state index is 0.287. The van der Waals surface area contributed by atoms with Crippen molar-refractivity contribution in [2.24, 2.45) is 0 Å². The molecule has 25 heavy (non-hydrogen) atoms. The first-order valence-electron chi connectivity index (χ1n) is 7.98. The number of rotatable bonds is 5. The molecule has 0 aliphatic carbocycles. The number of anilines is 2. The molecule has 0 unspecified atom stereocenters. The predicted octanol–water partition coefficient (Wildman–Crippen LogP) is 3.20. The Kier molecular flexibility index (Phi) is 4.74. The van der Waals surface area contributed by atoms with E-state index in [0.717, 1.165) is 17.1 Å². The Morgan fingerprint density at radius 3 is 2.48 bits per heavy atom. The topological polar surface area (TPSA) is 81.9 Å². The van der Waals surface area contributed by atoms with Crippen molar-refractivity contribution in [1.29, 1.82) is 0 Å². The third kappa shape index (κ3) is 3.65. The number of hydrogen-bond donors (Lipinski definition) is 1. The second kappa shape index (κ2) is 7.12. The number of ether oxygens (including phenoxy) is 1. The largest absolute Gasteiger partial charge is 0.462 e. The molecule has 1 N–H and O–H groups in total. The van der Waals surface area contributed by atoms with Crippen molar-refractivity contribution in [3.05, 3.63) is 59.5 Å². The van der Waals surface area contributed by atoms with Crippen LogP contribution in [0.15, 0.2) is 42.6 Å². The molecule has 2 aromatic heterocycles. The summed E-state index contributed by atoms with van der Waals surface area (Å²) in [7, 11) is 0. The van der Waals surface area contributed by atoms with Crippen LogP contribution in [0.4, 0.5) is 11.8 Å². The molecule has 2 heterocycles. The fraction of sp³-hybridized carbons (Fsp3) is 0.222. The normalized spacial score (nSPS) is 10.5. The van der Waals surface area contributed by atoms with E-state index in [-0.39, 0.29) is 6.61 Å². The maximum absolute atomic E-state index is 12.3. The van der Waals surface area contributed by atoms with Gasteiger partial charge < -0.3 is 10.1 Å². The van der Waals surface area contributed by atoms with Crippen LogP contribution in [-0.4, -0.2) is 32.3 Å². The van der Waals surface area contributed by atoms with E-state index in [0.29, 0.717) is 17.3 Å². The average Bonchev–Trinajstić information content (AvgIpc) is 2.98. The molecule has 0 radical (unpaired) electrons. The lowest BCUT2D eigenvalue weighted by Crippen LogP contribution is -2.11. The molecule has 0 aliphatic rings. The Morgan fingerprint density at radius 1 is 1.16 bits per heavy atom. The Balaban J connectivity index is 2.07. The van der Waals surface area contributed by atoms with Crippen LogP contribution in [-0.2, 0) is 4.74 Å². The smallest absolute Gasteiger partial charge is 0.343 e. The highest BCUT2D eigenvalue weighted by atomic mass is 16.5. The van der Waals surface area contributed by atoms with Gasteiger partial charge in [0.15, 0.2) is 5.82 Å².